The minimum absolute atomic E-state index is 0.162. The maximum absolute atomic E-state index is 13.5. The number of hydrogen-bond donors (Lipinski definition) is 1. The van der Waals surface area contributed by atoms with Crippen molar-refractivity contribution in [3.8, 4) is 11.3 Å². The molecule has 1 saturated carbocycles. The Kier molecular flexibility index (Phi) is 2.90. The molecule has 1 aromatic carbocycles. The van der Waals surface area contributed by atoms with Crippen molar-refractivity contribution in [3.05, 3.63) is 41.6 Å². The predicted octanol–water partition coefficient (Wildman–Crippen LogP) is 4.18. The third-order valence-corrected chi connectivity index (χ3v) is 3.82. The smallest absolute Gasteiger partial charge is 0.126 e. The molecule has 0 atom stereocenters. The largest absolute Gasteiger partial charge is 0.342 e. The lowest BCUT2D eigenvalue weighted by atomic mass is 10.1. The van der Waals surface area contributed by atoms with Gasteiger partial charge in [-0.25, -0.2) is 9.37 Å². The molecule has 94 valence electrons. The zero-order chi connectivity index (χ0) is 12.5. The topological polar surface area (TPSA) is 28.7 Å². The molecular weight excluding hydrogens is 227 g/mol. The molecule has 0 aliphatic heterocycles. The first-order valence-electron chi connectivity index (χ1n) is 6.55. The number of aromatic amines is 1. The van der Waals surface area contributed by atoms with E-state index in [1.165, 1.54) is 25.7 Å². The third kappa shape index (κ3) is 2.05. The van der Waals surface area contributed by atoms with E-state index in [-0.39, 0.29) is 5.82 Å². The summed E-state index contributed by atoms with van der Waals surface area (Å²) in [6, 6.07) is 5.31. The Morgan fingerprint density at radius 1 is 1.28 bits per heavy atom. The zero-order valence-corrected chi connectivity index (χ0v) is 10.5. The first-order valence-corrected chi connectivity index (χ1v) is 6.55. The van der Waals surface area contributed by atoms with E-state index in [2.05, 4.69) is 9.97 Å². The number of aryl methyl sites for hydroxylation is 1. The summed E-state index contributed by atoms with van der Waals surface area (Å²) in [6.07, 6.45) is 6.84. The van der Waals surface area contributed by atoms with E-state index in [9.17, 15) is 4.39 Å². The summed E-state index contributed by atoms with van der Waals surface area (Å²) in [4.78, 5) is 7.79. The van der Waals surface area contributed by atoms with Crippen LogP contribution in [0.15, 0.2) is 24.4 Å². The summed E-state index contributed by atoms with van der Waals surface area (Å²) < 4.78 is 13.5. The van der Waals surface area contributed by atoms with E-state index in [1.807, 2.05) is 12.3 Å². The average Bonchev–Trinajstić information content (AvgIpc) is 3.01. The Morgan fingerprint density at radius 3 is 2.78 bits per heavy atom. The highest BCUT2D eigenvalue weighted by Crippen LogP contribution is 2.33. The van der Waals surface area contributed by atoms with Crippen molar-refractivity contribution in [1.29, 1.82) is 0 Å². The highest BCUT2D eigenvalue weighted by Gasteiger charge is 2.20. The second-order valence-corrected chi connectivity index (χ2v) is 5.13. The molecule has 0 unspecified atom stereocenters. The molecule has 1 fully saturated rings. The van der Waals surface area contributed by atoms with Gasteiger partial charge in [0.05, 0.1) is 11.9 Å². The van der Waals surface area contributed by atoms with E-state index in [0.29, 0.717) is 11.5 Å². The van der Waals surface area contributed by atoms with Gasteiger partial charge in [-0.1, -0.05) is 25.0 Å². The fourth-order valence-electron chi connectivity index (χ4n) is 2.65. The third-order valence-electron chi connectivity index (χ3n) is 3.82. The van der Waals surface area contributed by atoms with Crippen LogP contribution in [0.2, 0.25) is 0 Å². The molecular formula is C15H17FN2. The van der Waals surface area contributed by atoms with Crippen LogP contribution in [0.25, 0.3) is 11.3 Å². The number of nitrogens with one attached hydrogen (secondary N) is 1. The molecule has 0 saturated heterocycles. The molecule has 1 heterocycles. The number of rotatable bonds is 2. The molecule has 2 aromatic rings. The van der Waals surface area contributed by atoms with Gasteiger partial charge in [0.25, 0.3) is 0 Å². The Balaban J connectivity index is 1.89. The molecule has 1 N–H and O–H groups in total. The summed E-state index contributed by atoms with van der Waals surface area (Å²) in [5.74, 6) is 1.46. The van der Waals surface area contributed by atoms with Gasteiger partial charge in [-0.2, -0.15) is 0 Å². The number of benzene rings is 1. The van der Waals surface area contributed by atoms with Crippen LogP contribution in [0.3, 0.4) is 0 Å². The summed E-state index contributed by atoms with van der Waals surface area (Å²) >= 11 is 0. The SMILES string of the molecule is Cc1ccc(-c2cnc(C3CCCC3)[nH]2)cc1F. The van der Waals surface area contributed by atoms with E-state index >= 15 is 0 Å². The van der Waals surface area contributed by atoms with Crippen LogP contribution in [0, 0.1) is 12.7 Å². The van der Waals surface area contributed by atoms with Crippen LogP contribution in [0.5, 0.6) is 0 Å². The van der Waals surface area contributed by atoms with Crippen LogP contribution >= 0.6 is 0 Å². The molecule has 1 aliphatic carbocycles. The lowest BCUT2D eigenvalue weighted by Gasteiger charge is -2.04. The fourth-order valence-corrected chi connectivity index (χ4v) is 2.65. The normalized spacial score (nSPS) is 16.3. The molecule has 0 spiro atoms. The lowest BCUT2D eigenvalue weighted by Crippen LogP contribution is -1.94. The molecule has 18 heavy (non-hydrogen) atoms. The van der Waals surface area contributed by atoms with E-state index in [1.54, 1.807) is 19.1 Å². The van der Waals surface area contributed by atoms with E-state index in [0.717, 1.165) is 17.1 Å². The first-order chi connectivity index (χ1) is 8.74. The monoisotopic (exact) mass is 244 g/mol. The van der Waals surface area contributed by atoms with Gasteiger partial charge in [0.2, 0.25) is 0 Å². The van der Waals surface area contributed by atoms with Crippen molar-refractivity contribution < 1.29 is 4.39 Å². The minimum atomic E-state index is -0.162. The Morgan fingerprint density at radius 2 is 2.06 bits per heavy atom. The van der Waals surface area contributed by atoms with Crippen LogP contribution in [-0.4, -0.2) is 9.97 Å². The Labute approximate surface area is 106 Å². The number of hydrogen-bond acceptors (Lipinski definition) is 1. The van der Waals surface area contributed by atoms with Crippen molar-refractivity contribution in [1.82, 2.24) is 9.97 Å². The average molecular weight is 244 g/mol. The minimum Gasteiger partial charge on any atom is -0.342 e. The molecule has 0 radical (unpaired) electrons. The lowest BCUT2D eigenvalue weighted by molar-refractivity contribution is 0.619. The Hall–Kier alpha value is -1.64. The second kappa shape index (κ2) is 4.56. The molecule has 3 heteroatoms. The van der Waals surface area contributed by atoms with Crippen LogP contribution in [0.4, 0.5) is 4.39 Å². The highest BCUT2D eigenvalue weighted by atomic mass is 19.1. The second-order valence-electron chi connectivity index (χ2n) is 5.13. The van der Waals surface area contributed by atoms with Gasteiger partial charge in [-0.15, -0.1) is 0 Å². The van der Waals surface area contributed by atoms with Crippen LogP contribution in [-0.2, 0) is 0 Å². The van der Waals surface area contributed by atoms with Crippen LogP contribution in [0.1, 0.15) is 43.0 Å². The maximum atomic E-state index is 13.5. The Bertz CT molecular complexity index is 553. The number of aromatic nitrogens is 2. The van der Waals surface area contributed by atoms with Crippen LogP contribution < -0.4 is 0 Å². The summed E-state index contributed by atoms with van der Waals surface area (Å²) in [7, 11) is 0. The van der Waals surface area contributed by atoms with Gasteiger partial charge in [0.15, 0.2) is 0 Å². The number of halogens is 1. The van der Waals surface area contributed by atoms with Gasteiger partial charge in [-0.05, 0) is 31.4 Å². The quantitative estimate of drug-likeness (QED) is 0.843. The maximum Gasteiger partial charge on any atom is 0.126 e. The summed E-state index contributed by atoms with van der Waals surface area (Å²) in [5, 5.41) is 0. The highest BCUT2D eigenvalue weighted by molar-refractivity contribution is 5.59. The molecule has 0 amide bonds. The van der Waals surface area contributed by atoms with Crippen molar-refractivity contribution in [2.24, 2.45) is 0 Å². The van der Waals surface area contributed by atoms with Gasteiger partial charge < -0.3 is 4.98 Å². The van der Waals surface area contributed by atoms with E-state index < -0.39 is 0 Å². The van der Waals surface area contributed by atoms with Gasteiger partial charge in [0, 0.05) is 11.5 Å². The standard InChI is InChI=1S/C15H17FN2/c1-10-6-7-12(8-13(10)16)14-9-17-15(18-14)11-4-2-3-5-11/h6-9,11H,2-5H2,1H3,(H,17,18). The molecule has 2 nitrogen and oxygen atoms in total. The van der Waals surface area contributed by atoms with E-state index in [4.69, 9.17) is 0 Å². The fraction of sp³-hybridized carbons (Fsp3) is 0.400. The van der Waals surface area contributed by atoms with Crippen molar-refractivity contribution in [3.63, 3.8) is 0 Å². The van der Waals surface area contributed by atoms with Gasteiger partial charge in [-0.3, -0.25) is 0 Å². The van der Waals surface area contributed by atoms with Crippen molar-refractivity contribution in [2.75, 3.05) is 0 Å². The molecule has 0 bridgehead atoms. The van der Waals surface area contributed by atoms with Crippen molar-refractivity contribution in [2.45, 2.75) is 38.5 Å². The first kappa shape index (κ1) is 11.5. The van der Waals surface area contributed by atoms with Crippen molar-refractivity contribution >= 4 is 0 Å². The van der Waals surface area contributed by atoms with Gasteiger partial charge >= 0.3 is 0 Å². The number of imidazole rings is 1. The zero-order valence-electron chi connectivity index (χ0n) is 10.5. The predicted molar refractivity (Wildman–Crippen MR) is 69.9 cm³/mol. The van der Waals surface area contributed by atoms with Gasteiger partial charge in [0.1, 0.15) is 11.6 Å². The number of H-pyrrole nitrogens is 1. The number of nitrogens with zero attached hydrogens (tertiary/aromatic N) is 1. The molecule has 3 rings (SSSR count). The molecule has 1 aliphatic rings. The summed E-state index contributed by atoms with van der Waals surface area (Å²) in [6.45, 7) is 1.77. The molecule has 1 aromatic heterocycles. The summed E-state index contributed by atoms with van der Waals surface area (Å²) in [5.41, 5.74) is 2.46.